The van der Waals surface area contributed by atoms with E-state index < -0.39 is 0 Å². The molecule has 0 spiro atoms. The molecular formula is C13H12N6O. The van der Waals surface area contributed by atoms with Crippen LogP contribution in [0.15, 0.2) is 29.3 Å². The molecule has 0 saturated carbocycles. The van der Waals surface area contributed by atoms with Crippen molar-refractivity contribution in [1.82, 2.24) is 29.9 Å². The van der Waals surface area contributed by atoms with E-state index in [0.29, 0.717) is 24.0 Å². The lowest BCUT2D eigenvalue weighted by atomic mass is 10.3. The molecule has 0 N–H and O–H groups in total. The summed E-state index contributed by atoms with van der Waals surface area (Å²) in [7, 11) is 0. The molecule has 1 aliphatic carbocycles. The molecule has 0 bridgehead atoms. The Labute approximate surface area is 114 Å². The molecule has 3 aromatic rings. The van der Waals surface area contributed by atoms with Gasteiger partial charge in [0, 0.05) is 18.6 Å². The molecule has 0 amide bonds. The van der Waals surface area contributed by atoms with E-state index in [0.717, 1.165) is 12.8 Å². The van der Waals surface area contributed by atoms with Crippen LogP contribution in [0.4, 0.5) is 0 Å². The van der Waals surface area contributed by atoms with E-state index in [-0.39, 0.29) is 0 Å². The predicted molar refractivity (Wildman–Crippen MR) is 68.7 cm³/mol. The summed E-state index contributed by atoms with van der Waals surface area (Å²) in [5.74, 6) is 0.972. The maximum absolute atomic E-state index is 5.23. The zero-order valence-corrected chi connectivity index (χ0v) is 10.7. The largest absolute Gasteiger partial charge is 0.337 e. The van der Waals surface area contributed by atoms with Crippen molar-refractivity contribution in [2.24, 2.45) is 0 Å². The Bertz CT molecular complexity index is 711. The molecular weight excluding hydrogens is 256 g/mol. The average Bonchev–Trinajstić information content (AvgIpc) is 3.16. The maximum atomic E-state index is 5.23. The molecule has 20 heavy (non-hydrogen) atoms. The monoisotopic (exact) mass is 268 g/mol. The molecule has 4 rings (SSSR count). The Kier molecular flexibility index (Phi) is 2.55. The molecule has 0 saturated heterocycles. The van der Waals surface area contributed by atoms with E-state index in [1.807, 2.05) is 4.68 Å². The van der Waals surface area contributed by atoms with Crippen LogP contribution in [0.3, 0.4) is 0 Å². The van der Waals surface area contributed by atoms with Crippen LogP contribution in [0.1, 0.15) is 23.6 Å². The molecule has 0 radical (unpaired) electrons. The molecule has 7 nitrogen and oxygen atoms in total. The van der Waals surface area contributed by atoms with Gasteiger partial charge in [-0.25, -0.2) is 4.98 Å². The molecule has 100 valence electrons. The van der Waals surface area contributed by atoms with Gasteiger partial charge in [0.1, 0.15) is 12.2 Å². The normalized spacial score (nSPS) is 13.6. The van der Waals surface area contributed by atoms with Crippen molar-refractivity contribution in [3.05, 3.63) is 41.9 Å². The van der Waals surface area contributed by atoms with E-state index in [2.05, 4.69) is 31.4 Å². The van der Waals surface area contributed by atoms with Crippen LogP contribution in [-0.4, -0.2) is 29.9 Å². The van der Waals surface area contributed by atoms with Gasteiger partial charge in [-0.3, -0.25) is 9.67 Å². The fraction of sp³-hybridized carbons (Fsp3) is 0.308. The topological polar surface area (TPSA) is 82.5 Å². The Hall–Kier alpha value is -2.57. The van der Waals surface area contributed by atoms with Gasteiger partial charge in [-0.05, 0) is 24.8 Å². The van der Waals surface area contributed by atoms with Gasteiger partial charge in [0.05, 0.1) is 11.9 Å². The maximum Gasteiger partial charge on any atom is 0.248 e. The van der Waals surface area contributed by atoms with Gasteiger partial charge in [0.25, 0.3) is 0 Å². The minimum Gasteiger partial charge on any atom is -0.337 e. The molecule has 0 fully saturated rings. The van der Waals surface area contributed by atoms with Crippen LogP contribution in [0.2, 0.25) is 0 Å². The fourth-order valence-electron chi connectivity index (χ4n) is 2.43. The quantitative estimate of drug-likeness (QED) is 0.711. The molecule has 0 atom stereocenters. The number of nitrogens with zero attached hydrogens (tertiary/aromatic N) is 6. The van der Waals surface area contributed by atoms with Crippen LogP contribution >= 0.6 is 0 Å². The van der Waals surface area contributed by atoms with Crippen LogP contribution in [0.25, 0.3) is 11.5 Å². The Morgan fingerprint density at radius 2 is 2.25 bits per heavy atom. The second-order valence-corrected chi connectivity index (χ2v) is 4.75. The molecule has 3 aromatic heterocycles. The Balaban J connectivity index is 1.56. The van der Waals surface area contributed by atoms with Crippen molar-refractivity contribution < 1.29 is 4.52 Å². The van der Waals surface area contributed by atoms with Gasteiger partial charge >= 0.3 is 0 Å². The summed E-state index contributed by atoms with van der Waals surface area (Å²) in [6.45, 7) is 0.486. The fourth-order valence-corrected chi connectivity index (χ4v) is 2.43. The lowest BCUT2D eigenvalue weighted by Crippen LogP contribution is -2.01. The standard InChI is InChI=1S/C13H12N6O/c1-2-9-7-19(17-10(9)3-1)8-12-16-13(18-20-12)11-6-14-4-5-15-11/h4-7H,1-3,8H2. The van der Waals surface area contributed by atoms with Crippen molar-refractivity contribution in [3.8, 4) is 11.5 Å². The van der Waals surface area contributed by atoms with Crippen molar-refractivity contribution in [2.75, 3.05) is 0 Å². The van der Waals surface area contributed by atoms with Crippen molar-refractivity contribution in [1.29, 1.82) is 0 Å². The lowest BCUT2D eigenvalue weighted by molar-refractivity contribution is 0.365. The molecule has 3 heterocycles. The smallest absolute Gasteiger partial charge is 0.248 e. The highest BCUT2D eigenvalue weighted by Crippen LogP contribution is 2.20. The molecule has 7 heteroatoms. The third kappa shape index (κ3) is 1.97. The summed E-state index contributed by atoms with van der Waals surface area (Å²) < 4.78 is 7.09. The van der Waals surface area contributed by atoms with Gasteiger partial charge in [-0.2, -0.15) is 10.1 Å². The van der Waals surface area contributed by atoms with Gasteiger partial charge in [0.15, 0.2) is 0 Å². The summed E-state index contributed by atoms with van der Waals surface area (Å²) in [5.41, 5.74) is 3.13. The summed E-state index contributed by atoms with van der Waals surface area (Å²) in [4.78, 5) is 12.4. The van der Waals surface area contributed by atoms with Crippen molar-refractivity contribution in [2.45, 2.75) is 25.8 Å². The second-order valence-electron chi connectivity index (χ2n) is 4.75. The Morgan fingerprint density at radius 3 is 3.10 bits per heavy atom. The first-order chi connectivity index (χ1) is 9.88. The highest BCUT2D eigenvalue weighted by Gasteiger charge is 2.16. The summed E-state index contributed by atoms with van der Waals surface area (Å²) in [6, 6.07) is 0. The van der Waals surface area contributed by atoms with Gasteiger partial charge in [-0.15, -0.1) is 0 Å². The summed E-state index contributed by atoms with van der Waals surface area (Å²) in [5, 5.41) is 8.45. The highest BCUT2D eigenvalue weighted by atomic mass is 16.5. The van der Waals surface area contributed by atoms with Crippen LogP contribution in [0.5, 0.6) is 0 Å². The van der Waals surface area contributed by atoms with E-state index in [4.69, 9.17) is 4.52 Å². The third-order valence-electron chi connectivity index (χ3n) is 3.34. The number of aryl methyl sites for hydroxylation is 2. The zero-order chi connectivity index (χ0) is 13.4. The SMILES string of the molecule is c1cnc(-c2noc(Cn3cc4c(n3)CCC4)n2)cn1. The van der Waals surface area contributed by atoms with Gasteiger partial charge in [0.2, 0.25) is 11.7 Å². The van der Waals surface area contributed by atoms with E-state index in [1.54, 1.807) is 18.6 Å². The predicted octanol–water partition coefficient (Wildman–Crippen LogP) is 1.26. The zero-order valence-electron chi connectivity index (χ0n) is 10.7. The number of hydrogen-bond acceptors (Lipinski definition) is 6. The number of aromatic nitrogens is 6. The second kappa shape index (κ2) is 4.52. The van der Waals surface area contributed by atoms with Crippen molar-refractivity contribution in [3.63, 3.8) is 0 Å². The first-order valence-corrected chi connectivity index (χ1v) is 6.53. The van der Waals surface area contributed by atoms with Crippen LogP contribution in [-0.2, 0) is 19.4 Å². The van der Waals surface area contributed by atoms with Crippen LogP contribution < -0.4 is 0 Å². The van der Waals surface area contributed by atoms with E-state index in [9.17, 15) is 0 Å². The molecule has 0 aliphatic heterocycles. The average molecular weight is 268 g/mol. The highest BCUT2D eigenvalue weighted by molar-refractivity contribution is 5.45. The van der Waals surface area contributed by atoms with Crippen molar-refractivity contribution >= 4 is 0 Å². The first-order valence-electron chi connectivity index (χ1n) is 6.53. The molecule has 1 aliphatic rings. The number of rotatable bonds is 3. The van der Waals surface area contributed by atoms with E-state index in [1.165, 1.54) is 17.7 Å². The Morgan fingerprint density at radius 1 is 1.25 bits per heavy atom. The minimum absolute atomic E-state index is 0.452. The summed E-state index contributed by atoms with van der Waals surface area (Å²) >= 11 is 0. The lowest BCUT2D eigenvalue weighted by Gasteiger charge is -1.95. The molecule has 0 aromatic carbocycles. The molecule has 0 unspecified atom stereocenters. The van der Waals surface area contributed by atoms with Crippen LogP contribution in [0, 0.1) is 0 Å². The van der Waals surface area contributed by atoms with Gasteiger partial charge in [-0.1, -0.05) is 5.16 Å². The van der Waals surface area contributed by atoms with Gasteiger partial charge < -0.3 is 4.52 Å². The number of hydrogen-bond donors (Lipinski definition) is 0. The first kappa shape index (κ1) is 11.3. The summed E-state index contributed by atoms with van der Waals surface area (Å²) in [6.07, 6.45) is 10.3. The number of fused-ring (bicyclic) bond motifs is 1. The minimum atomic E-state index is 0.452. The third-order valence-corrected chi connectivity index (χ3v) is 3.34. The van der Waals surface area contributed by atoms with E-state index >= 15 is 0 Å².